The van der Waals surface area contributed by atoms with Crippen LogP contribution in [0.3, 0.4) is 0 Å². The van der Waals surface area contributed by atoms with Crippen molar-refractivity contribution in [2.75, 3.05) is 0 Å². The van der Waals surface area contributed by atoms with Gasteiger partial charge in [-0.25, -0.2) is 0 Å². The fraction of sp³-hybridized carbons (Fsp3) is 0.545. The quantitative estimate of drug-likeness (QED) is 0.253. The van der Waals surface area contributed by atoms with Gasteiger partial charge in [-0.15, -0.1) is 0 Å². The first-order valence-corrected chi connectivity index (χ1v) is 18.3. The second-order valence-electron chi connectivity index (χ2n) is 19.5. The Morgan fingerprint density at radius 1 is 0.422 bits per heavy atom. The van der Waals surface area contributed by atoms with Gasteiger partial charge in [-0.3, -0.25) is 0 Å². The van der Waals surface area contributed by atoms with Crippen LogP contribution < -0.4 is 15.9 Å². The van der Waals surface area contributed by atoms with E-state index in [1.807, 2.05) is 6.08 Å². The Bertz CT molecular complexity index is 1360. The molecule has 246 valence electrons. The van der Waals surface area contributed by atoms with E-state index in [0.717, 1.165) is 0 Å². The maximum atomic E-state index is 4.08. The molecule has 1 heteroatoms. The molecule has 0 N–H and O–H groups in total. The van der Waals surface area contributed by atoms with E-state index in [-0.39, 0.29) is 32.5 Å². The van der Waals surface area contributed by atoms with Crippen LogP contribution in [0.4, 0.5) is 0 Å². The van der Waals surface area contributed by atoms with Gasteiger partial charge in [0.05, 0.1) is 0 Å². The molecule has 0 aliphatic carbocycles. The lowest BCUT2D eigenvalue weighted by Crippen LogP contribution is -2.40. The van der Waals surface area contributed by atoms with Gasteiger partial charge in [0, 0.05) is 0 Å². The first-order valence-electron chi connectivity index (χ1n) is 17.0. The first kappa shape index (κ1) is 37.3. The summed E-state index contributed by atoms with van der Waals surface area (Å²) in [5.41, 5.74) is 9.92. The highest BCUT2D eigenvalue weighted by Gasteiger charge is 2.39. The van der Waals surface area contributed by atoms with Crippen LogP contribution in [0.15, 0.2) is 55.1 Å². The van der Waals surface area contributed by atoms with Gasteiger partial charge < -0.3 is 0 Å². The topological polar surface area (TPSA) is 0 Å². The molecule has 0 saturated carbocycles. The molecule has 0 aliphatic heterocycles. The van der Waals surface area contributed by atoms with Crippen molar-refractivity contribution in [3.63, 3.8) is 0 Å². The number of benzene rings is 3. The van der Waals surface area contributed by atoms with Crippen molar-refractivity contribution < 1.29 is 0 Å². The highest BCUT2D eigenvalue weighted by molar-refractivity contribution is 7.80. The SMILES string of the molecule is C=Cc1ccc(P(c2c(C(C)(C)C)cc(C(C)(C)C)cc2C(C)(C)C)c2c(C(C)(C)C)cc(C(C)(C)C)cc2C(C)(C)C)cc1. The van der Waals surface area contributed by atoms with E-state index >= 15 is 0 Å². The Balaban J connectivity index is 2.80. The number of rotatable bonds is 4. The molecule has 3 aromatic carbocycles. The Morgan fingerprint density at radius 3 is 0.889 bits per heavy atom. The lowest BCUT2D eigenvalue weighted by Gasteiger charge is -2.41. The summed E-state index contributed by atoms with van der Waals surface area (Å²) < 4.78 is 0. The molecule has 0 fully saturated rings. The maximum Gasteiger partial charge on any atom is -0.00759 e. The van der Waals surface area contributed by atoms with Crippen LogP contribution in [0.1, 0.15) is 164 Å². The summed E-state index contributed by atoms with van der Waals surface area (Å²) in [6, 6.07) is 19.6. The molecule has 0 aromatic heterocycles. The standard InChI is InChI=1S/C44H65P/c1-20-29-21-23-32(24-22-29)45(37-33(41(8,9)10)25-30(39(2,3)4)26-34(37)42(11,12)13)38-35(43(14,15)16)27-31(40(5,6)7)28-36(38)44(17,18)19/h20-28H,1H2,2-19H3. The smallest absolute Gasteiger partial charge is 0.00759 e. The molecule has 45 heavy (non-hydrogen) atoms. The number of hydrogen-bond acceptors (Lipinski definition) is 0. The zero-order chi connectivity index (χ0) is 34.7. The van der Waals surface area contributed by atoms with Crippen molar-refractivity contribution in [2.45, 2.75) is 157 Å². The molecule has 0 nitrogen and oxygen atoms in total. The van der Waals surface area contributed by atoms with Crippen LogP contribution in [0, 0.1) is 0 Å². The van der Waals surface area contributed by atoms with Gasteiger partial charge in [0.25, 0.3) is 0 Å². The Kier molecular flexibility index (Phi) is 10.0. The fourth-order valence-electron chi connectivity index (χ4n) is 6.03. The van der Waals surface area contributed by atoms with E-state index in [1.54, 1.807) is 10.6 Å². The van der Waals surface area contributed by atoms with Gasteiger partial charge >= 0.3 is 0 Å². The van der Waals surface area contributed by atoms with Gasteiger partial charge in [0.15, 0.2) is 0 Å². The summed E-state index contributed by atoms with van der Waals surface area (Å²) in [5.74, 6) is 0. The van der Waals surface area contributed by atoms with E-state index < -0.39 is 7.92 Å². The normalized spacial score (nSPS) is 13.8. The monoisotopic (exact) mass is 624 g/mol. The zero-order valence-corrected chi connectivity index (χ0v) is 33.2. The third kappa shape index (κ3) is 8.22. The fourth-order valence-corrected chi connectivity index (χ4v) is 9.78. The Hall–Kier alpha value is -2.17. The van der Waals surface area contributed by atoms with Crippen LogP contribution in [-0.4, -0.2) is 0 Å². The molecule has 0 atom stereocenters. The molecular weight excluding hydrogens is 559 g/mol. The van der Waals surface area contributed by atoms with Crippen molar-refractivity contribution in [3.05, 3.63) is 94.1 Å². The second-order valence-corrected chi connectivity index (χ2v) is 21.6. The predicted molar refractivity (Wildman–Crippen MR) is 207 cm³/mol. The minimum atomic E-state index is -0.934. The zero-order valence-electron chi connectivity index (χ0n) is 32.4. The van der Waals surface area contributed by atoms with E-state index in [4.69, 9.17) is 0 Å². The van der Waals surface area contributed by atoms with Crippen molar-refractivity contribution >= 4 is 29.9 Å². The first-order chi connectivity index (χ1) is 20.1. The van der Waals surface area contributed by atoms with E-state index in [2.05, 4.69) is 180 Å². The average molecular weight is 625 g/mol. The van der Waals surface area contributed by atoms with Crippen molar-refractivity contribution in [3.8, 4) is 0 Å². The third-order valence-corrected chi connectivity index (χ3v) is 11.7. The molecule has 0 amide bonds. The minimum absolute atomic E-state index is 0.0343. The summed E-state index contributed by atoms with van der Waals surface area (Å²) in [4.78, 5) is 0. The van der Waals surface area contributed by atoms with Crippen molar-refractivity contribution in [1.29, 1.82) is 0 Å². The summed E-state index contributed by atoms with van der Waals surface area (Å²) in [6.45, 7) is 47.2. The van der Waals surface area contributed by atoms with E-state index in [1.165, 1.54) is 44.2 Å². The Morgan fingerprint density at radius 2 is 0.689 bits per heavy atom. The second kappa shape index (κ2) is 12.1. The number of hydrogen-bond donors (Lipinski definition) is 0. The molecular formula is C44H65P. The lowest BCUT2D eigenvalue weighted by molar-refractivity contribution is 0.553. The van der Waals surface area contributed by atoms with Gasteiger partial charge in [0.2, 0.25) is 0 Å². The molecule has 0 heterocycles. The molecule has 0 spiro atoms. The van der Waals surface area contributed by atoms with E-state index in [0.29, 0.717) is 0 Å². The maximum absolute atomic E-state index is 4.08. The van der Waals surface area contributed by atoms with Crippen LogP contribution in [0.5, 0.6) is 0 Å². The van der Waals surface area contributed by atoms with Gasteiger partial charge in [-0.05, 0) is 95.3 Å². The molecule has 3 aromatic rings. The van der Waals surface area contributed by atoms with Crippen LogP contribution in [0.25, 0.3) is 6.08 Å². The van der Waals surface area contributed by atoms with Crippen LogP contribution >= 0.6 is 7.92 Å². The lowest BCUT2D eigenvalue weighted by atomic mass is 9.75. The van der Waals surface area contributed by atoms with Gasteiger partial charge in [-0.1, -0.05) is 186 Å². The predicted octanol–water partition coefficient (Wildman–Crippen LogP) is 11.9. The molecule has 0 unspecified atom stereocenters. The summed E-state index contributed by atoms with van der Waals surface area (Å²) in [5, 5.41) is 4.50. The van der Waals surface area contributed by atoms with Crippen molar-refractivity contribution in [2.24, 2.45) is 0 Å². The molecule has 0 saturated heterocycles. The van der Waals surface area contributed by atoms with Gasteiger partial charge in [-0.2, -0.15) is 0 Å². The summed E-state index contributed by atoms with van der Waals surface area (Å²) >= 11 is 0. The average Bonchev–Trinajstić information content (AvgIpc) is 2.85. The Labute approximate surface area is 280 Å². The largest absolute Gasteiger partial charge is 0.0985 e. The van der Waals surface area contributed by atoms with E-state index in [9.17, 15) is 0 Å². The highest BCUT2D eigenvalue weighted by Crippen LogP contribution is 2.48. The minimum Gasteiger partial charge on any atom is -0.0985 e. The van der Waals surface area contributed by atoms with Crippen LogP contribution in [-0.2, 0) is 32.5 Å². The molecule has 0 bridgehead atoms. The van der Waals surface area contributed by atoms with Crippen molar-refractivity contribution in [1.82, 2.24) is 0 Å². The van der Waals surface area contributed by atoms with Crippen LogP contribution in [0.2, 0.25) is 0 Å². The summed E-state index contributed by atoms with van der Waals surface area (Å²) in [7, 11) is -0.934. The molecule has 0 aliphatic rings. The summed E-state index contributed by atoms with van der Waals surface area (Å²) in [6.07, 6.45) is 1.96. The highest BCUT2D eigenvalue weighted by atomic mass is 31.1. The molecule has 0 radical (unpaired) electrons. The van der Waals surface area contributed by atoms with Gasteiger partial charge in [0.1, 0.15) is 0 Å². The third-order valence-electron chi connectivity index (χ3n) is 9.02. The molecule has 3 rings (SSSR count).